The molecular formula is C68H54O8P2. The summed E-state index contributed by atoms with van der Waals surface area (Å²) >= 11 is 0. The van der Waals surface area contributed by atoms with Crippen molar-refractivity contribution in [3.8, 4) is 34.5 Å². The summed E-state index contributed by atoms with van der Waals surface area (Å²) in [7, 11) is -1.01. The Balaban J connectivity index is 1.34. The van der Waals surface area contributed by atoms with Crippen LogP contribution in [-0.2, 0) is 22.3 Å². The van der Waals surface area contributed by atoms with Crippen molar-refractivity contribution in [3.05, 3.63) is 242 Å². The van der Waals surface area contributed by atoms with Crippen LogP contribution in [0.4, 0.5) is 0 Å². The van der Waals surface area contributed by atoms with Crippen LogP contribution >= 0.6 is 14.3 Å². The Hall–Kier alpha value is -8.80. The van der Waals surface area contributed by atoms with Crippen LogP contribution in [0.2, 0.25) is 0 Å². The maximum Gasteiger partial charge on any atom is 0.174 e. The molecule has 0 aliphatic rings. The Morgan fingerprint density at radius 3 is 0.910 bits per heavy atom. The summed E-state index contributed by atoms with van der Waals surface area (Å²) in [5.41, 5.74) is 1.85. The van der Waals surface area contributed by atoms with Crippen molar-refractivity contribution in [1.82, 2.24) is 0 Å². The summed E-state index contributed by atoms with van der Waals surface area (Å²) in [5.74, 6) is 2.95. The lowest BCUT2D eigenvalue weighted by molar-refractivity contribution is 0.312. The van der Waals surface area contributed by atoms with E-state index in [9.17, 15) is 0 Å². The molecule has 0 atom stereocenters. The Kier molecular flexibility index (Phi) is 13.5. The molecule has 0 bridgehead atoms. The number of ether oxygens (including phenoxy) is 6. The summed E-state index contributed by atoms with van der Waals surface area (Å²) in [5, 5.41) is 10.8. The van der Waals surface area contributed by atoms with Crippen LogP contribution in [0.5, 0.6) is 34.5 Å². The van der Waals surface area contributed by atoms with E-state index < -0.39 is 14.3 Å². The van der Waals surface area contributed by atoms with Gasteiger partial charge in [-0.15, -0.1) is 0 Å². The highest BCUT2D eigenvalue weighted by atomic mass is 31.2. The van der Waals surface area contributed by atoms with Crippen LogP contribution in [0, 0.1) is 0 Å². The summed E-state index contributed by atoms with van der Waals surface area (Å²) in [6.07, 6.45) is 0. The third kappa shape index (κ3) is 8.40. The van der Waals surface area contributed by atoms with Crippen molar-refractivity contribution in [2.75, 3.05) is 28.4 Å². The zero-order valence-electron chi connectivity index (χ0n) is 43.5. The van der Waals surface area contributed by atoms with E-state index in [1.807, 2.05) is 206 Å². The maximum atomic E-state index is 17.0. The van der Waals surface area contributed by atoms with E-state index in [1.165, 1.54) is 0 Å². The predicted octanol–water partition coefficient (Wildman–Crippen LogP) is 13.9. The van der Waals surface area contributed by atoms with Crippen molar-refractivity contribution in [2.24, 2.45) is 0 Å². The minimum Gasteiger partial charge on any atom is -0.496 e. The fraction of sp³-hybridized carbons (Fsp3) is 0.0882. The molecule has 0 saturated heterocycles. The molecule has 0 saturated carbocycles. The standard InChI is InChI=1S/C68H54O8P2/c1-71-56-39-54-58(73-3)41-60(77(69,48-27-15-7-16-28-48)49-29-17-8-18-30-49)67(75-43-45-23-11-5-12-24-45)65(54)63-52(56)37-35-47-36-38-53-57(72-2)40-55-59(74-4)42-61(78(70,50-31-19-9-20-32-50)51-33-21-10-22-34-51)68(66(55)64(53)62(47)63)76-44-46-25-13-6-14-26-46/h5-42H,43-44H2,1-4H3. The van der Waals surface area contributed by atoms with Gasteiger partial charge in [0.1, 0.15) is 47.7 Å². The van der Waals surface area contributed by atoms with Crippen LogP contribution in [0.15, 0.2) is 231 Å². The predicted molar refractivity (Wildman–Crippen MR) is 321 cm³/mol. The number of rotatable bonds is 16. The van der Waals surface area contributed by atoms with Crippen molar-refractivity contribution in [1.29, 1.82) is 0 Å². The van der Waals surface area contributed by atoms with Crippen LogP contribution in [-0.4, -0.2) is 28.4 Å². The Morgan fingerprint density at radius 2 is 0.603 bits per heavy atom. The lowest BCUT2D eigenvalue weighted by Crippen LogP contribution is -2.27. The highest BCUT2D eigenvalue weighted by Crippen LogP contribution is 2.56. The molecule has 0 fully saturated rings. The number of hydrogen-bond donors (Lipinski definition) is 0. The number of fused-ring (bicyclic) bond motifs is 9. The molecule has 0 spiro atoms. The molecule has 12 rings (SSSR count). The first kappa shape index (κ1) is 50.0. The van der Waals surface area contributed by atoms with Gasteiger partial charge in [0.15, 0.2) is 14.3 Å². The van der Waals surface area contributed by atoms with Gasteiger partial charge in [-0.25, -0.2) is 0 Å². The molecule has 0 amide bonds. The summed E-state index contributed by atoms with van der Waals surface area (Å²) in [6.45, 7) is 0.307. The molecular weight excluding hydrogens is 1010 g/mol. The minimum absolute atomic E-state index is 0.154. The fourth-order valence-corrected chi connectivity index (χ4v) is 16.7. The van der Waals surface area contributed by atoms with Crippen molar-refractivity contribution >= 4 is 100.0 Å². The van der Waals surface area contributed by atoms with Crippen LogP contribution in [0.25, 0.3) is 53.9 Å². The normalized spacial score (nSPS) is 11.8. The lowest BCUT2D eigenvalue weighted by atomic mass is 9.89. The lowest BCUT2D eigenvalue weighted by Gasteiger charge is -2.27. The average Bonchev–Trinajstić information content (AvgIpc) is 3.70. The third-order valence-corrected chi connectivity index (χ3v) is 20.9. The first-order valence-electron chi connectivity index (χ1n) is 25.7. The second-order valence-corrected chi connectivity index (χ2v) is 24.5. The molecule has 384 valence electrons. The van der Waals surface area contributed by atoms with Crippen LogP contribution in [0.3, 0.4) is 0 Å². The van der Waals surface area contributed by atoms with Gasteiger partial charge in [-0.1, -0.05) is 194 Å². The number of methoxy groups -OCH3 is 4. The highest BCUT2D eigenvalue weighted by molar-refractivity contribution is 7.86. The van der Waals surface area contributed by atoms with Crippen LogP contribution in [0.1, 0.15) is 11.1 Å². The average molecular weight is 1060 g/mol. The van der Waals surface area contributed by atoms with Gasteiger partial charge < -0.3 is 37.6 Å². The van der Waals surface area contributed by atoms with Gasteiger partial charge in [-0.3, -0.25) is 0 Å². The van der Waals surface area contributed by atoms with E-state index in [1.54, 1.807) is 28.4 Å². The summed E-state index contributed by atoms with van der Waals surface area (Å²) in [6, 6.07) is 74.4. The quantitative estimate of drug-likeness (QED) is 0.0698. The van der Waals surface area contributed by atoms with Gasteiger partial charge in [0.05, 0.1) is 39.0 Å². The molecule has 78 heavy (non-hydrogen) atoms. The molecule has 12 aromatic rings. The topological polar surface area (TPSA) is 89.5 Å². The van der Waals surface area contributed by atoms with E-state index in [-0.39, 0.29) is 13.2 Å². The van der Waals surface area contributed by atoms with E-state index >= 15 is 9.13 Å². The zero-order valence-corrected chi connectivity index (χ0v) is 45.3. The van der Waals surface area contributed by atoms with Crippen molar-refractivity contribution < 1.29 is 37.6 Å². The largest absolute Gasteiger partial charge is 0.496 e. The second kappa shape index (κ2) is 21.0. The van der Waals surface area contributed by atoms with E-state index in [0.717, 1.165) is 43.4 Å². The first-order valence-corrected chi connectivity index (χ1v) is 29.1. The Morgan fingerprint density at radius 1 is 0.308 bits per heavy atom. The molecule has 0 radical (unpaired) electrons. The molecule has 0 aromatic heterocycles. The van der Waals surface area contributed by atoms with E-state index in [4.69, 9.17) is 28.4 Å². The SMILES string of the molecule is COc1cc(P(=O)(c2ccccc2)c2ccccc2)c(OCc2ccccc2)c2c1cc(OC)c1ccc3ccc4c(OC)cc5c(OC)cc(P(=O)(c6ccccc6)c6ccccc6)c(OCc6ccccc6)c5c4c3c12. The van der Waals surface area contributed by atoms with Gasteiger partial charge in [-0.2, -0.15) is 0 Å². The van der Waals surface area contributed by atoms with Gasteiger partial charge in [-0.05, 0) is 58.3 Å². The minimum atomic E-state index is -3.80. The van der Waals surface area contributed by atoms with E-state index in [0.29, 0.717) is 87.9 Å². The molecule has 0 heterocycles. The molecule has 10 heteroatoms. The summed E-state index contributed by atoms with van der Waals surface area (Å²) in [4.78, 5) is 0. The van der Waals surface area contributed by atoms with Gasteiger partial charge >= 0.3 is 0 Å². The zero-order chi connectivity index (χ0) is 53.4. The smallest absolute Gasteiger partial charge is 0.174 e. The second-order valence-electron chi connectivity index (χ2n) is 19.0. The molecule has 0 aliphatic heterocycles. The van der Waals surface area contributed by atoms with E-state index in [2.05, 4.69) is 24.3 Å². The van der Waals surface area contributed by atoms with Gasteiger partial charge in [0, 0.05) is 64.3 Å². The molecule has 8 nitrogen and oxygen atoms in total. The monoisotopic (exact) mass is 1060 g/mol. The number of hydrogen-bond acceptors (Lipinski definition) is 8. The van der Waals surface area contributed by atoms with Gasteiger partial charge in [0.25, 0.3) is 0 Å². The third-order valence-electron chi connectivity index (χ3n) is 14.8. The van der Waals surface area contributed by atoms with Crippen LogP contribution < -0.4 is 60.2 Å². The Bertz CT molecular complexity index is 3930. The Labute approximate surface area is 453 Å². The van der Waals surface area contributed by atoms with Crippen molar-refractivity contribution in [3.63, 3.8) is 0 Å². The van der Waals surface area contributed by atoms with Crippen molar-refractivity contribution in [2.45, 2.75) is 13.2 Å². The first-order chi connectivity index (χ1) is 38.3. The molecule has 0 aliphatic carbocycles. The van der Waals surface area contributed by atoms with Gasteiger partial charge in [0.2, 0.25) is 0 Å². The molecule has 0 unspecified atom stereocenters. The fourth-order valence-electron chi connectivity index (χ4n) is 11.1. The molecule has 12 aromatic carbocycles. The summed E-state index contributed by atoms with van der Waals surface area (Å²) < 4.78 is 74.3. The molecule has 0 N–H and O–H groups in total. The number of benzene rings is 12. The maximum absolute atomic E-state index is 17.0. The highest BCUT2D eigenvalue weighted by Gasteiger charge is 2.38.